The Labute approximate surface area is 134 Å². The van der Waals surface area contributed by atoms with Gasteiger partial charge in [0, 0.05) is 30.3 Å². The molecular formula is C15H20N2O4S. The van der Waals surface area contributed by atoms with Crippen LogP contribution in [0.25, 0.3) is 0 Å². The van der Waals surface area contributed by atoms with E-state index in [2.05, 4.69) is 0 Å². The average Bonchev–Trinajstić information content (AvgIpc) is 2.54. The van der Waals surface area contributed by atoms with Gasteiger partial charge >= 0.3 is 5.97 Å². The number of thioether (sulfide) groups is 1. The predicted octanol–water partition coefficient (Wildman–Crippen LogP) is 1.16. The Hall–Kier alpha value is -1.89. The molecule has 0 aromatic heterocycles. The lowest BCUT2D eigenvalue weighted by molar-refractivity contribution is -0.135. The third-order valence-corrected chi connectivity index (χ3v) is 4.40. The molecule has 1 aliphatic heterocycles. The highest BCUT2D eigenvalue weighted by Crippen LogP contribution is 2.19. The topological polar surface area (TPSA) is 70.1 Å². The van der Waals surface area contributed by atoms with Gasteiger partial charge in [-0.2, -0.15) is 11.8 Å². The molecule has 2 rings (SSSR count). The fourth-order valence-electron chi connectivity index (χ4n) is 2.27. The van der Waals surface area contributed by atoms with E-state index in [0.717, 1.165) is 24.6 Å². The Balaban J connectivity index is 2.07. The second-order valence-corrected chi connectivity index (χ2v) is 6.17. The molecule has 0 aliphatic carbocycles. The maximum Gasteiger partial charge on any atom is 0.323 e. The highest BCUT2D eigenvalue weighted by atomic mass is 32.2. The van der Waals surface area contributed by atoms with E-state index in [1.807, 2.05) is 11.8 Å². The zero-order chi connectivity index (χ0) is 15.9. The van der Waals surface area contributed by atoms with Gasteiger partial charge in [0.25, 0.3) is 0 Å². The molecule has 1 amide bonds. The van der Waals surface area contributed by atoms with Crippen LogP contribution in [0.4, 0.5) is 5.69 Å². The molecule has 0 unspecified atom stereocenters. The number of hydrogen-bond donors (Lipinski definition) is 1. The van der Waals surface area contributed by atoms with Gasteiger partial charge in [-0.3, -0.25) is 9.59 Å². The molecule has 1 heterocycles. The monoisotopic (exact) mass is 324 g/mol. The lowest BCUT2D eigenvalue weighted by Gasteiger charge is -2.30. The summed E-state index contributed by atoms with van der Waals surface area (Å²) in [6, 6.07) is 7.04. The SMILES string of the molecule is COc1ccc(N(CC(=O)O)CC(=O)N2CCSCC2)cc1. The lowest BCUT2D eigenvalue weighted by atomic mass is 10.2. The number of amides is 1. The summed E-state index contributed by atoms with van der Waals surface area (Å²) in [7, 11) is 1.57. The van der Waals surface area contributed by atoms with Crippen molar-refractivity contribution >= 4 is 29.3 Å². The van der Waals surface area contributed by atoms with E-state index < -0.39 is 5.97 Å². The zero-order valence-electron chi connectivity index (χ0n) is 12.5. The van der Waals surface area contributed by atoms with Crippen LogP contribution >= 0.6 is 11.8 Å². The molecule has 120 valence electrons. The molecule has 0 bridgehead atoms. The van der Waals surface area contributed by atoms with E-state index in [9.17, 15) is 9.59 Å². The van der Waals surface area contributed by atoms with E-state index >= 15 is 0 Å². The van der Waals surface area contributed by atoms with Crippen molar-refractivity contribution < 1.29 is 19.4 Å². The number of ether oxygens (including phenoxy) is 1. The molecule has 22 heavy (non-hydrogen) atoms. The van der Waals surface area contributed by atoms with Gasteiger partial charge in [0.15, 0.2) is 0 Å². The van der Waals surface area contributed by atoms with E-state index in [0.29, 0.717) is 11.4 Å². The largest absolute Gasteiger partial charge is 0.497 e. The van der Waals surface area contributed by atoms with Gasteiger partial charge in [-0.1, -0.05) is 0 Å². The van der Waals surface area contributed by atoms with Crippen molar-refractivity contribution in [3.8, 4) is 5.75 Å². The highest BCUT2D eigenvalue weighted by Gasteiger charge is 2.21. The van der Waals surface area contributed by atoms with Crippen LogP contribution in [-0.4, -0.2) is 66.7 Å². The normalized spacial score (nSPS) is 14.5. The van der Waals surface area contributed by atoms with Crippen molar-refractivity contribution in [2.75, 3.05) is 49.7 Å². The summed E-state index contributed by atoms with van der Waals surface area (Å²) >= 11 is 1.83. The number of carboxylic acids is 1. The number of carbonyl (C=O) groups excluding carboxylic acids is 1. The van der Waals surface area contributed by atoms with Crippen molar-refractivity contribution in [2.45, 2.75) is 0 Å². The van der Waals surface area contributed by atoms with Gasteiger partial charge in [-0.15, -0.1) is 0 Å². The summed E-state index contributed by atoms with van der Waals surface area (Å²) in [5.41, 5.74) is 0.697. The Morgan fingerprint density at radius 2 is 1.86 bits per heavy atom. The van der Waals surface area contributed by atoms with E-state index in [-0.39, 0.29) is 19.0 Å². The molecule has 1 saturated heterocycles. The molecule has 1 fully saturated rings. The van der Waals surface area contributed by atoms with Crippen LogP contribution < -0.4 is 9.64 Å². The smallest absolute Gasteiger partial charge is 0.323 e. The van der Waals surface area contributed by atoms with Crippen LogP contribution in [0.15, 0.2) is 24.3 Å². The van der Waals surface area contributed by atoms with Crippen LogP contribution in [0.2, 0.25) is 0 Å². The first-order valence-electron chi connectivity index (χ1n) is 7.06. The van der Waals surface area contributed by atoms with Crippen LogP contribution in [0.5, 0.6) is 5.75 Å². The number of benzene rings is 1. The lowest BCUT2D eigenvalue weighted by Crippen LogP contribution is -2.45. The molecule has 1 N–H and O–H groups in total. The first-order chi connectivity index (χ1) is 10.6. The van der Waals surface area contributed by atoms with Gasteiger partial charge < -0.3 is 19.6 Å². The molecule has 1 aliphatic rings. The Kier molecular flexibility index (Phi) is 5.94. The van der Waals surface area contributed by atoms with Crippen molar-refractivity contribution in [1.29, 1.82) is 0 Å². The number of nitrogens with zero attached hydrogens (tertiary/aromatic N) is 2. The van der Waals surface area contributed by atoms with E-state index in [1.54, 1.807) is 41.2 Å². The number of carbonyl (C=O) groups is 2. The number of aliphatic carboxylic acids is 1. The van der Waals surface area contributed by atoms with Crippen molar-refractivity contribution in [3.63, 3.8) is 0 Å². The van der Waals surface area contributed by atoms with Crippen molar-refractivity contribution in [1.82, 2.24) is 4.90 Å². The summed E-state index contributed by atoms with van der Waals surface area (Å²) in [5.74, 6) is 1.58. The predicted molar refractivity (Wildman–Crippen MR) is 86.7 cm³/mol. The summed E-state index contributed by atoms with van der Waals surface area (Å²) in [6.45, 7) is 1.32. The minimum Gasteiger partial charge on any atom is -0.497 e. The second-order valence-electron chi connectivity index (χ2n) is 4.94. The molecule has 0 spiro atoms. The Morgan fingerprint density at radius 1 is 1.23 bits per heavy atom. The van der Waals surface area contributed by atoms with Crippen LogP contribution in [0.1, 0.15) is 0 Å². The van der Waals surface area contributed by atoms with Crippen LogP contribution in [0.3, 0.4) is 0 Å². The Bertz CT molecular complexity index is 515. The van der Waals surface area contributed by atoms with Crippen LogP contribution in [0, 0.1) is 0 Å². The van der Waals surface area contributed by atoms with E-state index in [4.69, 9.17) is 9.84 Å². The minimum atomic E-state index is -0.960. The first kappa shape index (κ1) is 16.5. The maximum absolute atomic E-state index is 12.3. The second kappa shape index (κ2) is 7.93. The van der Waals surface area contributed by atoms with Gasteiger partial charge in [0.1, 0.15) is 12.3 Å². The standard InChI is InChI=1S/C15H20N2O4S/c1-21-13-4-2-12(3-5-13)17(11-15(19)20)10-14(18)16-6-8-22-9-7-16/h2-5H,6-11H2,1H3,(H,19,20). The van der Waals surface area contributed by atoms with Gasteiger partial charge in [0.2, 0.25) is 5.91 Å². The number of rotatable bonds is 6. The van der Waals surface area contributed by atoms with Crippen LogP contribution in [-0.2, 0) is 9.59 Å². The van der Waals surface area contributed by atoms with Gasteiger partial charge in [-0.25, -0.2) is 0 Å². The van der Waals surface area contributed by atoms with Crippen molar-refractivity contribution in [3.05, 3.63) is 24.3 Å². The fraction of sp³-hybridized carbons (Fsp3) is 0.467. The summed E-state index contributed by atoms with van der Waals surface area (Å²) in [6.07, 6.45) is 0. The molecule has 6 nitrogen and oxygen atoms in total. The molecule has 0 saturated carbocycles. The third kappa shape index (κ3) is 4.56. The molecule has 1 aromatic rings. The third-order valence-electron chi connectivity index (χ3n) is 3.45. The van der Waals surface area contributed by atoms with Gasteiger partial charge in [0.05, 0.1) is 13.7 Å². The summed E-state index contributed by atoms with van der Waals surface area (Å²) in [4.78, 5) is 26.8. The van der Waals surface area contributed by atoms with E-state index in [1.165, 1.54) is 0 Å². The fourth-order valence-corrected chi connectivity index (χ4v) is 3.17. The molecular weight excluding hydrogens is 304 g/mol. The number of methoxy groups -OCH3 is 1. The maximum atomic E-state index is 12.3. The average molecular weight is 324 g/mol. The minimum absolute atomic E-state index is 0.0302. The highest BCUT2D eigenvalue weighted by molar-refractivity contribution is 7.99. The quantitative estimate of drug-likeness (QED) is 0.847. The zero-order valence-corrected chi connectivity index (χ0v) is 13.3. The van der Waals surface area contributed by atoms with Crippen molar-refractivity contribution in [2.24, 2.45) is 0 Å². The number of anilines is 1. The van der Waals surface area contributed by atoms with Gasteiger partial charge in [-0.05, 0) is 24.3 Å². The Morgan fingerprint density at radius 3 is 2.41 bits per heavy atom. The summed E-state index contributed by atoms with van der Waals surface area (Å²) < 4.78 is 5.09. The molecule has 0 atom stereocenters. The molecule has 1 aromatic carbocycles. The molecule has 7 heteroatoms. The molecule has 0 radical (unpaired) electrons. The summed E-state index contributed by atoms with van der Waals surface area (Å²) in [5, 5.41) is 9.07. The number of hydrogen-bond acceptors (Lipinski definition) is 5. The number of carboxylic acid groups (broad SMARTS) is 1. The first-order valence-corrected chi connectivity index (χ1v) is 8.22.